The van der Waals surface area contributed by atoms with Crippen LogP contribution in [-0.4, -0.2) is 10.8 Å². The maximum Gasteiger partial charge on any atom is 0.433 e. The number of carbonyl (C=O) groups excluding carboxylic acids is 1. The zero-order valence-corrected chi connectivity index (χ0v) is 8.64. The van der Waals surface area contributed by atoms with Crippen LogP contribution in [0, 0.1) is 10.1 Å². The van der Waals surface area contributed by atoms with E-state index in [-0.39, 0.29) is 5.88 Å². The van der Waals surface area contributed by atoms with Crippen molar-refractivity contribution in [2.45, 2.75) is 19.3 Å². The van der Waals surface area contributed by atoms with Gasteiger partial charge >= 0.3 is 5.88 Å². The van der Waals surface area contributed by atoms with Gasteiger partial charge in [-0.3, -0.25) is 14.9 Å². The zero-order chi connectivity index (χ0) is 12.1. The van der Waals surface area contributed by atoms with Gasteiger partial charge in [0.15, 0.2) is 0 Å². The third kappa shape index (κ3) is 3.23. The third-order valence-corrected chi connectivity index (χ3v) is 2.08. The molecule has 1 rings (SSSR count). The fourth-order valence-corrected chi connectivity index (χ4v) is 1.20. The summed E-state index contributed by atoms with van der Waals surface area (Å²) in [5.74, 6) is -0.280. The van der Waals surface area contributed by atoms with Crippen LogP contribution in [0.3, 0.4) is 0 Å². The van der Waals surface area contributed by atoms with E-state index in [0.29, 0.717) is 30.6 Å². The van der Waals surface area contributed by atoms with Crippen molar-refractivity contribution in [3.05, 3.63) is 40.2 Å². The lowest BCUT2D eigenvalue weighted by atomic mass is 10.1. The Labute approximate surface area is 91.9 Å². The fourth-order valence-electron chi connectivity index (χ4n) is 1.20. The molecule has 0 aromatic carbocycles. The topological polar surface area (TPSA) is 99.4 Å². The first-order valence-corrected chi connectivity index (χ1v) is 4.71. The van der Waals surface area contributed by atoms with Crippen LogP contribution in [0.5, 0.6) is 0 Å². The van der Waals surface area contributed by atoms with Crippen LogP contribution < -0.4 is 5.73 Å². The molecular weight excluding hydrogens is 212 g/mol. The van der Waals surface area contributed by atoms with Gasteiger partial charge in [-0.25, -0.2) is 0 Å². The van der Waals surface area contributed by atoms with E-state index in [9.17, 15) is 14.9 Å². The summed E-state index contributed by atoms with van der Waals surface area (Å²) in [5.41, 5.74) is 5.36. The van der Waals surface area contributed by atoms with Crippen LogP contribution >= 0.6 is 0 Å². The Morgan fingerprint density at radius 3 is 2.75 bits per heavy atom. The molecule has 1 aromatic heterocycles. The van der Waals surface area contributed by atoms with E-state index in [1.165, 1.54) is 6.07 Å². The molecule has 0 fully saturated rings. The van der Waals surface area contributed by atoms with E-state index in [1.807, 2.05) is 0 Å². The van der Waals surface area contributed by atoms with Crippen molar-refractivity contribution in [1.29, 1.82) is 0 Å². The number of nitrogens with zero attached hydrogens (tertiary/aromatic N) is 1. The number of hydrogen-bond donors (Lipinski definition) is 1. The fraction of sp³-hybridized carbons (Fsp3) is 0.300. The number of nitrogens with two attached hydrogens (primary N) is 1. The highest BCUT2D eigenvalue weighted by atomic mass is 16.6. The highest BCUT2D eigenvalue weighted by Gasteiger charge is 2.11. The minimum Gasteiger partial charge on any atom is -0.406 e. The quantitative estimate of drug-likeness (QED) is 0.450. The second-order valence-corrected chi connectivity index (χ2v) is 3.32. The van der Waals surface area contributed by atoms with Crippen molar-refractivity contribution in [2.24, 2.45) is 5.73 Å². The molecule has 0 aliphatic rings. The van der Waals surface area contributed by atoms with E-state index in [0.717, 1.165) is 0 Å². The van der Waals surface area contributed by atoms with Crippen molar-refractivity contribution in [3.63, 3.8) is 0 Å². The van der Waals surface area contributed by atoms with E-state index >= 15 is 0 Å². The van der Waals surface area contributed by atoms with Crippen LogP contribution in [-0.2, 0) is 11.2 Å². The van der Waals surface area contributed by atoms with Gasteiger partial charge < -0.3 is 10.2 Å². The number of rotatable bonds is 6. The molecule has 1 heterocycles. The van der Waals surface area contributed by atoms with Crippen LogP contribution in [0.25, 0.3) is 0 Å². The smallest absolute Gasteiger partial charge is 0.406 e. The van der Waals surface area contributed by atoms with Crippen molar-refractivity contribution in [2.75, 3.05) is 0 Å². The van der Waals surface area contributed by atoms with Gasteiger partial charge in [0.25, 0.3) is 0 Å². The van der Waals surface area contributed by atoms with Crippen molar-refractivity contribution < 1.29 is 14.1 Å². The molecule has 0 aliphatic carbocycles. The number of hydrogen-bond acceptors (Lipinski definition) is 4. The number of furan rings is 1. The Morgan fingerprint density at radius 1 is 1.56 bits per heavy atom. The molecule has 1 aromatic rings. The molecule has 6 nitrogen and oxygen atoms in total. The summed E-state index contributed by atoms with van der Waals surface area (Å²) in [5, 5.41) is 10.3. The van der Waals surface area contributed by atoms with Gasteiger partial charge in [0.1, 0.15) is 10.7 Å². The minimum atomic E-state index is -0.591. The van der Waals surface area contributed by atoms with Gasteiger partial charge in [-0.2, -0.15) is 0 Å². The van der Waals surface area contributed by atoms with Gasteiger partial charge in [0.05, 0.1) is 6.07 Å². The Balaban J connectivity index is 2.40. The highest BCUT2D eigenvalue weighted by molar-refractivity contribution is 5.91. The first-order valence-electron chi connectivity index (χ1n) is 4.71. The molecule has 2 N–H and O–H groups in total. The summed E-state index contributed by atoms with van der Waals surface area (Å²) in [4.78, 5) is 20.4. The van der Waals surface area contributed by atoms with Crippen LogP contribution in [0.2, 0.25) is 0 Å². The SMILES string of the molecule is C=C(CCCc1ccc([N+](=O)[O-])o1)C(N)=O. The predicted molar refractivity (Wildman–Crippen MR) is 56.6 cm³/mol. The number of primary amides is 1. The van der Waals surface area contributed by atoms with Crippen molar-refractivity contribution in [1.82, 2.24) is 0 Å². The zero-order valence-electron chi connectivity index (χ0n) is 8.64. The Bertz CT molecular complexity index is 422. The molecule has 0 atom stereocenters. The third-order valence-electron chi connectivity index (χ3n) is 2.08. The van der Waals surface area contributed by atoms with E-state index < -0.39 is 10.8 Å². The van der Waals surface area contributed by atoms with E-state index in [1.54, 1.807) is 6.07 Å². The van der Waals surface area contributed by atoms with Crippen LogP contribution in [0.4, 0.5) is 5.88 Å². The molecule has 0 saturated carbocycles. The minimum absolute atomic E-state index is 0.274. The maximum absolute atomic E-state index is 10.6. The summed E-state index contributed by atoms with van der Waals surface area (Å²) < 4.78 is 4.94. The lowest BCUT2D eigenvalue weighted by Gasteiger charge is -1.98. The van der Waals surface area contributed by atoms with Crippen LogP contribution in [0.1, 0.15) is 18.6 Å². The second kappa shape index (κ2) is 5.11. The summed E-state index contributed by atoms with van der Waals surface area (Å²) in [7, 11) is 0. The standard InChI is InChI=1S/C10H12N2O4/c1-7(10(11)13)3-2-4-8-5-6-9(16-8)12(14)15/h5-6H,1-4H2,(H2,11,13). The molecular formula is C10H12N2O4. The molecule has 86 valence electrons. The molecule has 1 amide bonds. The average Bonchev–Trinajstić information content (AvgIpc) is 2.66. The summed E-state index contributed by atoms with van der Waals surface area (Å²) in [6, 6.07) is 2.85. The van der Waals surface area contributed by atoms with Gasteiger partial charge in [-0.1, -0.05) is 6.58 Å². The molecule has 0 aliphatic heterocycles. The second-order valence-electron chi connectivity index (χ2n) is 3.32. The summed E-state index contributed by atoms with van der Waals surface area (Å²) >= 11 is 0. The summed E-state index contributed by atoms with van der Waals surface area (Å²) in [6.45, 7) is 3.51. The Morgan fingerprint density at radius 2 is 2.25 bits per heavy atom. The molecule has 0 unspecified atom stereocenters. The molecule has 6 heteroatoms. The van der Waals surface area contributed by atoms with E-state index in [2.05, 4.69) is 6.58 Å². The number of carbonyl (C=O) groups is 1. The first kappa shape index (κ1) is 12.0. The Kier molecular flexibility index (Phi) is 3.82. The number of aryl methyl sites for hydroxylation is 1. The lowest BCUT2D eigenvalue weighted by Crippen LogP contribution is -2.12. The molecule has 16 heavy (non-hydrogen) atoms. The molecule has 0 radical (unpaired) electrons. The van der Waals surface area contributed by atoms with Crippen molar-refractivity contribution in [3.8, 4) is 0 Å². The molecule has 0 saturated heterocycles. The largest absolute Gasteiger partial charge is 0.433 e. The van der Waals surface area contributed by atoms with Gasteiger partial charge in [0.2, 0.25) is 5.91 Å². The predicted octanol–water partition coefficient (Wildman–Crippen LogP) is 1.55. The first-order chi connectivity index (χ1) is 7.50. The monoisotopic (exact) mass is 224 g/mol. The van der Waals surface area contributed by atoms with Gasteiger partial charge in [0, 0.05) is 12.0 Å². The van der Waals surface area contributed by atoms with E-state index in [4.69, 9.17) is 10.2 Å². The molecule has 0 bridgehead atoms. The number of nitro groups is 1. The Hall–Kier alpha value is -2.11. The average molecular weight is 224 g/mol. The highest BCUT2D eigenvalue weighted by Crippen LogP contribution is 2.17. The van der Waals surface area contributed by atoms with Crippen molar-refractivity contribution >= 4 is 11.8 Å². The van der Waals surface area contributed by atoms with Gasteiger partial charge in [-0.05, 0) is 18.9 Å². The van der Waals surface area contributed by atoms with Crippen LogP contribution in [0.15, 0.2) is 28.7 Å². The lowest BCUT2D eigenvalue weighted by molar-refractivity contribution is -0.402. The number of amides is 1. The maximum atomic E-state index is 10.6. The summed E-state index contributed by atoms with van der Waals surface area (Å²) in [6.07, 6.45) is 1.59. The normalized spacial score (nSPS) is 10.0. The van der Waals surface area contributed by atoms with Gasteiger partial charge in [-0.15, -0.1) is 0 Å². The molecule has 0 spiro atoms.